The van der Waals surface area contributed by atoms with Crippen LogP contribution in [-0.2, 0) is 11.3 Å². The first kappa shape index (κ1) is 12.2. The second-order valence-corrected chi connectivity index (χ2v) is 4.86. The van der Waals surface area contributed by atoms with Crippen LogP contribution in [0, 0.1) is 0 Å². The molecule has 80 valence electrons. The third-order valence-corrected chi connectivity index (χ3v) is 3.31. The van der Waals surface area contributed by atoms with Crippen LogP contribution in [0.25, 0.3) is 0 Å². The van der Waals surface area contributed by atoms with Crippen LogP contribution < -0.4 is 0 Å². The van der Waals surface area contributed by atoms with Gasteiger partial charge < -0.3 is 4.74 Å². The molecule has 3 heteroatoms. The number of unbranched alkanes of at least 4 members (excludes halogenated alkanes) is 3. The standard InChI is InChI=1S/C11H17BrOS/c12-6-3-1-2-4-7-13-9-11-5-8-14-10-11/h5,8,10H,1-4,6-7,9H2. The van der Waals surface area contributed by atoms with Crippen molar-refractivity contribution in [3.8, 4) is 0 Å². The Morgan fingerprint density at radius 1 is 1.21 bits per heavy atom. The largest absolute Gasteiger partial charge is 0.377 e. The Hall–Kier alpha value is 0.140. The van der Waals surface area contributed by atoms with Gasteiger partial charge in [-0.25, -0.2) is 0 Å². The summed E-state index contributed by atoms with van der Waals surface area (Å²) in [6.45, 7) is 1.68. The number of alkyl halides is 1. The highest BCUT2D eigenvalue weighted by molar-refractivity contribution is 9.09. The lowest BCUT2D eigenvalue weighted by Crippen LogP contribution is -1.94. The highest BCUT2D eigenvalue weighted by Crippen LogP contribution is 2.08. The number of rotatable bonds is 8. The van der Waals surface area contributed by atoms with Gasteiger partial charge in [-0.05, 0) is 35.2 Å². The number of thiophene rings is 1. The Bertz CT molecular complexity index is 211. The summed E-state index contributed by atoms with van der Waals surface area (Å²) in [5.74, 6) is 0. The van der Waals surface area contributed by atoms with Gasteiger partial charge in [0.25, 0.3) is 0 Å². The third kappa shape index (κ3) is 5.78. The summed E-state index contributed by atoms with van der Waals surface area (Å²) in [4.78, 5) is 0. The number of halogens is 1. The van der Waals surface area contributed by atoms with Crippen molar-refractivity contribution in [2.75, 3.05) is 11.9 Å². The molecule has 0 aromatic carbocycles. The lowest BCUT2D eigenvalue weighted by Gasteiger charge is -2.02. The molecule has 0 saturated carbocycles. The summed E-state index contributed by atoms with van der Waals surface area (Å²) in [7, 11) is 0. The SMILES string of the molecule is BrCCCCCCOCc1ccsc1. The molecule has 1 rings (SSSR count). The molecule has 1 aromatic heterocycles. The minimum Gasteiger partial charge on any atom is -0.377 e. The fraction of sp³-hybridized carbons (Fsp3) is 0.636. The van der Waals surface area contributed by atoms with E-state index >= 15 is 0 Å². The predicted molar refractivity (Wildman–Crippen MR) is 66.2 cm³/mol. The smallest absolute Gasteiger partial charge is 0.0724 e. The van der Waals surface area contributed by atoms with Gasteiger partial charge in [-0.15, -0.1) is 0 Å². The molecule has 0 spiro atoms. The monoisotopic (exact) mass is 276 g/mol. The molecule has 0 fully saturated rings. The van der Waals surface area contributed by atoms with E-state index in [1.807, 2.05) is 0 Å². The van der Waals surface area contributed by atoms with Gasteiger partial charge >= 0.3 is 0 Å². The van der Waals surface area contributed by atoms with Crippen LogP contribution in [0.5, 0.6) is 0 Å². The van der Waals surface area contributed by atoms with Crippen molar-refractivity contribution in [1.29, 1.82) is 0 Å². The van der Waals surface area contributed by atoms with Gasteiger partial charge in [0.1, 0.15) is 0 Å². The maximum Gasteiger partial charge on any atom is 0.0724 e. The summed E-state index contributed by atoms with van der Waals surface area (Å²) in [5, 5.41) is 5.36. The maximum absolute atomic E-state index is 5.55. The van der Waals surface area contributed by atoms with Crippen molar-refractivity contribution in [2.45, 2.75) is 32.3 Å². The van der Waals surface area contributed by atoms with E-state index in [9.17, 15) is 0 Å². The molecule has 0 aliphatic heterocycles. The van der Waals surface area contributed by atoms with E-state index in [1.54, 1.807) is 11.3 Å². The van der Waals surface area contributed by atoms with Crippen LogP contribution in [0.3, 0.4) is 0 Å². The Balaban J connectivity index is 1.85. The quantitative estimate of drug-likeness (QED) is 0.510. The number of ether oxygens (including phenoxy) is 1. The van der Waals surface area contributed by atoms with Crippen molar-refractivity contribution in [2.24, 2.45) is 0 Å². The Kier molecular flexibility index (Phi) is 7.37. The molecule has 0 saturated heterocycles. The average molecular weight is 277 g/mol. The van der Waals surface area contributed by atoms with E-state index in [-0.39, 0.29) is 0 Å². The zero-order valence-corrected chi connectivity index (χ0v) is 10.8. The van der Waals surface area contributed by atoms with Crippen molar-refractivity contribution < 1.29 is 4.74 Å². The summed E-state index contributed by atoms with van der Waals surface area (Å²) in [6, 6.07) is 2.12. The Morgan fingerprint density at radius 3 is 2.79 bits per heavy atom. The molecule has 0 aliphatic rings. The molecule has 0 atom stereocenters. The molecule has 0 N–H and O–H groups in total. The molecule has 0 radical (unpaired) electrons. The first-order valence-electron chi connectivity index (χ1n) is 5.08. The fourth-order valence-electron chi connectivity index (χ4n) is 1.22. The van der Waals surface area contributed by atoms with E-state index in [0.29, 0.717) is 0 Å². The van der Waals surface area contributed by atoms with Crippen molar-refractivity contribution >= 4 is 27.3 Å². The minimum absolute atomic E-state index is 0.780. The Labute approximate surface area is 98.6 Å². The van der Waals surface area contributed by atoms with E-state index in [4.69, 9.17) is 4.74 Å². The Morgan fingerprint density at radius 2 is 2.07 bits per heavy atom. The van der Waals surface area contributed by atoms with Gasteiger partial charge in [0, 0.05) is 11.9 Å². The fourth-order valence-corrected chi connectivity index (χ4v) is 2.27. The molecule has 1 aromatic rings. The van der Waals surface area contributed by atoms with Crippen LogP contribution in [0.15, 0.2) is 16.8 Å². The first-order chi connectivity index (χ1) is 6.93. The summed E-state index contributed by atoms with van der Waals surface area (Å²) in [5.41, 5.74) is 1.30. The molecular formula is C11H17BrOS. The number of hydrogen-bond acceptors (Lipinski definition) is 2. The van der Waals surface area contributed by atoms with E-state index in [1.165, 1.54) is 31.2 Å². The van der Waals surface area contributed by atoms with Gasteiger partial charge in [0.05, 0.1) is 6.61 Å². The summed E-state index contributed by atoms with van der Waals surface area (Å²) >= 11 is 5.16. The second kappa shape index (κ2) is 8.45. The lowest BCUT2D eigenvalue weighted by atomic mass is 10.2. The minimum atomic E-state index is 0.780. The molecule has 0 unspecified atom stereocenters. The maximum atomic E-state index is 5.55. The van der Waals surface area contributed by atoms with E-state index < -0.39 is 0 Å². The normalized spacial score (nSPS) is 10.6. The second-order valence-electron chi connectivity index (χ2n) is 3.29. The van der Waals surface area contributed by atoms with Gasteiger partial charge in [0.15, 0.2) is 0 Å². The highest BCUT2D eigenvalue weighted by Gasteiger charge is 1.93. The van der Waals surface area contributed by atoms with Crippen molar-refractivity contribution in [1.82, 2.24) is 0 Å². The lowest BCUT2D eigenvalue weighted by molar-refractivity contribution is 0.117. The average Bonchev–Trinajstić information content (AvgIpc) is 2.69. The van der Waals surface area contributed by atoms with Gasteiger partial charge in [0.2, 0.25) is 0 Å². The third-order valence-electron chi connectivity index (χ3n) is 2.02. The molecule has 0 aliphatic carbocycles. The van der Waals surface area contributed by atoms with Crippen LogP contribution >= 0.6 is 27.3 Å². The van der Waals surface area contributed by atoms with Crippen LogP contribution in [0.1, 0.15) is 31.2 Å². The van der Waals surface area contributed by atoms with Crippen molar-refractivity contribution in [3.63, 3.8) is 0 Å². The van der Waals surface area contributed by atoms with E-state index in [0.717, 1.165) is 18.5 Å². The van der Waals surface area contributed by atoms with Gasteiger partial charge in [-0.3, -0.25) is 0 Å². The highest BCUT2D eigenvalue weighted by atomic mass is 79.9. The summed E-state index contributed by atoms with van der Waals surface area (Å²) in [6.07, 6.45) is 5.07. The first-order valence-corrected chi connectivity index (χ1v) is 7.14. The molecule has 0 bridgehead atoms. The molecular weight excluding hydrogens is 260 g/mol. The zero-order chi connectivity index (χ0) is 10.1. The van der Waals surface area contributed by atoms with E-state index in [2.05, 4.69) is 32.8 Å². The molecule has 1 heterocycles. The zero-order valence-electron chi connectivity index (χ0n) is 8.38. The van der Waals surface area contributed by atoms with Gasteiger partial charge in [-0.1, -0.05) is 28.8 Å². The van der Waals surface area contributed by atoms with Crippen LogP contribution in [-0.4, -0.2) is 11.9 Å². The topological polar surface area (TPSA) is 9.23 Å². The van der Waals surface area contributed by atoms with Crippen molar-refractivity contribution in [3.05, 3.63) is 22.4 Å². The van der Waals surface area contributed by atoms with Crippen LogP contribution in [0.2, 0.25) is 0 Å². The summed E-state index contributed by atoms with van der Waals surface area (Å²) < 4.78 is 5.55. The predicted octanol–water partition coefficient (Wildman–Crippen LogP) is 4.22. The molecule has 1 nitrogen and oxygen atoms in total. The number of hydrogen-bond donors (Lipinski definition) is 0. The van der Waals surface area contributed by atoms with Crippen LogP contribution in [0.4, 0.5) is 0 Å². The van der Waals surface area contributed by atoms with Gasteiger partial charge in [-0.2, -0.15) is 11.3 Å². The molecule has 0 amide bonds. The molecule has 14 heavy (non-hydrogen) atoms.